The molecule has 17 heavy (non-hydrogen) atoms. The second-order valence-electron chi connectivity index (χ2n) is 4.33. The normalized spacial score (nSPS) is 15.4. The van der Waals surface area contributed by atoms with Crippen LogP contribution in [-0.4, -0.2) is 11.4 Å². The van der Waals surface area contributed by atoms with Gasteiger partial charge in [0.15, 0.2) is 0 Å². The van der Waals surface area contributed by atoms with Gasteiger partial charge >= 0.3 is 0 Å². The number of hydrogen-bond acceptors (Lipinski definition) is 3. The number of rotatable bonds is 5. The van der Waals surface area contributed by atoms with Crippen LogP contribution < -0.4 is 0 Å². The molecule has 0 amide bonds. The van der Waals surface area contributed by atoms with Gasteiger partial charge in [0.05, 0.1) is 11.4 Å². The van der Waals surface area contributed by atoms with Crippen molar-refractivity contribution in [1.29, 1.82) is 5.41 Å². The van der Waals surface area contributed by atoms with Gasteiger partial charge in [0.25, 0.3) is 0 Å². The van der Waals surface area contributed by atoms with E-state index in [-0.39, 0.29) is 5.41 Å². The van der Waals surface area contributed by atoms with E-state index in [9.17, 15) is 0 Å². The molecule has 0 aliphatic rings. The quantitative estimate of drug-likeness (QED) is 0.582. The number of benzene rings is 1. The van der Waals surface area contributed by atoms with Crippen LogP contribution in [0.25, 0.3) is 0 Å². The molecule has 1 aromatic carbocycles. The van der Waals surface area contributed by atoms with Gasteiger partial charge in [-0.1, -0.05) is 44.2 Å². The molecule has 0 bridgehead atoms. The van der Waals surface area contributed by atoms with E-state index in [2.05, 4.69) is 43.2 Å². The molecule has 0 heterocycles. The first-order valence-corrected chi connectivity index (χ1v) is 6.36. The van der Waals surface area contributed by atoms with E-state index >= 15 is 0 Å². The minimum atomic E-state index is -0.226. The van der Waals surface area contributed by atoms with Gasteiger partial charge < -0.3 is 5.41 Å². The van der Waals surface area contributed by atoms with E-state index in [1.54, 1.807) is 0 Å². The van der Waals surface area contributed by atoms with Crippen molar-refractivity contribution in [2.75, 3.05) is 0 Å². The largest absolute Gasteiger partial charge is 0.303 e. The van der Waals surface area contributed by atoms with E-state index in [4.69, 9.17) is 5.41 Å². The van der Waals surface area contributed by atoms with Gasteiger partial charge in [-0.3, -0.25) is 0 Å². The average Bonchev–Trinajstić information content (AvgIpc) is 2.39. The maximum atomic E-state index is 8.02. The highest BCUT2D eigenvalue weighted by Crippen LogP contribution is 2.30. The van der Waals surface area contributed by atoms with E-state index < -0.39 is 0 Å². The molecule has 0 saturated carbocycles. The van der Waals surface area contributed by atoms with Crippen molar-refractivity contribution in [3.63, 3.8) is 0 Å². The Balaban J connectivity index is 3.25. The smallest absolute Gasteiger partial charge is 0.0793 e. The van der Waals surface area contributed by atoms with Crippen molar-refractivity contribution < 1.29 is 0 Å². The SMILES string of the molecule is CCC(=N)C(=NS)C(C)(CC)c1ccccc1. The van der Waals surface area contributed by atoms with Crippen molar-refractivity contribution >= 4 is 24.2 Å². The molecule has 1 unspecified atom stereocenters. The maximum Gasteiger partial charge on any atom is 0.0793 e. The monoisotopic (exact) mass is 248 g/mol. The standard InChI is InChI=1S/C14H20N2S/c1-4-12(15)13(16-17)14(3,5-2)11-9-7-6-8-10-11/h6-10,15,17H,4-5H2,1-3H3. The van der Waals surface area contributed by atoms with Crippen molar-refractivity contribution in [1.82, 2.24) is 0 Å². The molecule has 92 valence electrons. The Morgan fingerprint density at radius 1 is 1.29 bits per heavy atom. The molecule has 0 spiro atoms. The van der Waals surface area contributed by atoms with Crippen molar-refractivity contribution in [2.24, 2.45) is 4.40 Å². The van der Waals surface area contributed by atoms with Crippen LogP contribution in [0.1, 0.15) is 39.2 Å². The minimum absolute atomic E-state index is 0.226. The summed E-state index contributed by atoms with van der Waals surface area (Å²) < 4.78 is 4.06. The van der Waals surface area contributed by atoms with Gasteiger partial charge in [-0.25, -0.2) is 4.40 Å². The molecule has 3 heteroatoms. The molecule has 0 aliphatic carbocycles. The lowest BCUT2D eigenvalue weighted by Gasteiger charge is -2.30. The summed E-state index contributed by atoms with van der Waals surface area (Å²) in [6, 6.07) is 10.2. The van der Waals surface area contributed by atoms with Crippen LogP contribution in [0.4, 0.5) is 0 Å². The predicted octanol–water partition coefficient (Wildman–Crippen LogP) is 4.07. The maximum absolute atomic E-state index is 8.02. The third kappa shape index (κ3) is 2.78. The molecule has 0 saturated heterocycles. The third-order valence-electron chi connectivity index (χ3n) is 3.38. The van der Waals surface area contributed by atoms with Gasteiger partial charge in [0, 0.05) is 5.41 Å². The number of hydrogen-bond donors (Lipinski definition) is 2. The lowest BCUT2D eigenvalue weighted by molar-refractivity contribution is 0.618. The van der Waals surface area contributed by atoms with Crippen molar-refractivity contribution in [3.8, 4) is 0 Å². The van der Waals surface area contributed by atoms with E-state index in [0.717, 1.165) is 12.1 Å². The Morgan fingerprint density at radius 2 is 1.88 bits per heavy atom. The summed E-state index contributed by atoms with van der Waals surface area (Å²) >= 11 is 4.05. The van der Waals surface area contributed by atoms with Gasteiger partial charge in [-0.15, -0.1) is 0 Å². The summed E-state index contributed by atoms with van der Waals surface area (Å²) in [5, 5.41) is 8.02. The Bertz CT molecular complexity index is 411. The number of nitrogens with one attached hydrogen (secondary N) is 1. The first-order chi connectivity index (χ1) is 8.10. The van der Waals surface area contributed by atoms with Gasteiger partial charge in [-0.2, -0.15) is 0 Å². The predicted molar refractivity (Wildman–Crippen MR) is 78.5 cm³/mol. The summed E-state index contributed by atoms with van der Waals surface area (Å²) in [4.78, 5) is 0. The zero-order valence-electron chi connectivity index (χ0n) is 10.7. The van der Waals surface area contributed by atoms with Crippen LogP contribution in [0.2, 0.25) is 0 Å². The molecule has 0 fully saturated rings. The molecule has 1 aromatic rings. The van der Waals surface area contributed by atoms with Gasteiger partial charge in [0.2, 0.25) is 0 Å². The zero-order valence-corrected chi connectivity index (χ0v) is 11.6. The van der Waals surface area contributed by atoms with Crippen LogP contribution in [-0.2, 0) is 5.41 Å². The summed E-state index contributed by atoms with van der Waals surface area (Å²) in [5.74, 6) is 0. The number of nitrogens with zero attached hydrogens (tertiary/aromatic N) is 1. The first kappa shape index (κ1) is 14.0. The lowest BCUT2D eigenvalue weighted by Crippen LogP contribution is -2.36. The van der Waals surface area contributed by atoms with Crippen molar-refractivity contribution in [2.45, 2.75) is 39.0 Å². The highest BCUT2D eigenvalue weighted by Gasteiger charge is 2.32. The van der Waals surface area contributed by atoms with E-state index in [1.165, 1.54) is 5.56 Å². The van der Waals surface area contributed by atoms with Gasteiger partial charge in [0.1, 0.15) is 0 Å². The molecule has 0 aliphatic heterocycles. The zero-order chi connectivity index (χ0) is 12.9. The van der Waals surface area contributed by atoms with Crippen LogP contribution in [0.15, 0.2) is 34.7 Å². The van der Waals surface area contributed by atoms with E-state index in [1.807, 2.05) is 25.1 Å². The summed E-state index contributed by atoms with van der Waals surface area (Å²) in [5.41, 5.74) is 2.30. The fourth-order valence-corrected chi connectivity index (χ4v) is 2.33. The second-order valence-corrected chi connectivity index (χ2v) is 4.53. The fourth-order valence-electron chi connectivity index (χ4n) is 1.99. The minimum Gasteiger partial charge on any atom is -0.303 e. The topological polar surface area (TPSA) is 36.2 Å². The lowest BCUT2D eigenvalue weighted by atomic mass is 9.74. The van der Waals surface area contributed by atoms with Crippen LogP contribution in [0.3, 0.4) is 0 Å². The Hall–Kier alpha value is -1.09. The summed E-state index contributed by atoms with van der Waals surface area (Å²) in [7, 11) is 0. The molecule has 1 N–H and O–H groups in total. The highest BCUT2D eigenvalue weighted by molar-refractivity contribution is 7.79. The first-order valence-electron chi connectivity index (χ1n) is 5.96. The second kappa shape index (κ2) is 6.01. The van der Waals surface area contributed by atoms with Crippen LogP contribution in [0.5, 0.6) is 0 Å². The van der Waals surface area contributed by atoms with Crippen LogP contribution >= 0.6 is 12.8 Å². The Kier molecular flexibility index (Phi) is 4.94. The van der Waals surface area contributed by atoms with Crippen LogP contribution in [0, 0.1) is 5.41 Å². The number of thiol groups is 1. The third-order valence-corrected chi connectivity index (χ3v) is 3.58. The molecule has 1 atom stereocenters. The molecular weight excluding hydrogens is 228 g/mol. The molecule has 0 radical (unpaired) electrons. The molecule has 1 rings (SSSR count). The highest BCUT2D eigenvalue weighted by atomic mass is 32.1. The molecule has 0 aromatic heterocycles. The van der Waals surface area contributed by atoms with Crippen molar-refractivity contribution in [3.05, 3.63) is 35.9 Å². The molecule has 2 nitrogen and oxygen atoms in total. The fraction of sp³-hybridized carbons (Fsp3) is 0.429. The summed E-state index contributed by atoms with van der Waals surface area (Å²) in [6.07, 6.45) is 1.58. The Labute approximate surface area is 109 Å². The van der Waals surface area contributed by atoms with Gasteiger partial charge in [-0.05, 0) is 38.1 Å². The summed E-state index contributed by atoms with van der Waals surface area (Å²) in [6.45, 7) is 6.22. The average molecular weight is 248 g/mol. The molecular formula is C14H20N2S. The van der Waals surface area contributed by atoms with E-state index in [0.29, 0.717) is 12.1 Å². The Morgan fingerprint density at radius 3 is 2.29 bits per heavy atom.